The molecule has 0 bridgehead atoms. The fraction of sp³-hybridized carbons (Fsp3) is 0.0455. The summed E-state index contributed by atoms with van der Waals surface area (Å²) in [6.07, 6.45) is 0. The highest BCUT2D eigenvalue weighted by molar-refractivity contribution is 6.03. The van der Waals surface area contributed by atoms with Crippen molar-refractivity contribution in [2.45, 2.75) is 5.92 Å². The Morgan fingerprint density at radius 2 is 1.09 bits per heavy atom. The first kappa shape index (κ1) is 14.8. The number of carbonyl (C=O) groups is 1. The Balaban J connectivity index is 1.96. The van der Waals surface area contributed by atoms with E-state index in [4.69, 9.17) is 0 Å². The Labute approximate surface area is 136 Å². The van der Waals surface area contributed by atoms with Crippen molar-refractivity contribution in [1.82, 2.24) is 0 Å². The standard InChI is InChI=1S/C22H16O/c23-21(17-16-18-10-4-1-5-11-18)22(19-12-6-2-7-13-19)20-14-8-3-9-15-20/h1-15,22H. The molecule has 0 heterocycles. The van der Waals surface area contributed by atoms with E-state index in [1.807, 2.05) is 91.0 Å². The summed E-state index contributed by atoms with van der Waals surface area (Å²) in [6, 6.07) is 29.2. The average molecular weight is 296 g/mol. The van der Waals surface area contributed by atoms with Crippen molar-refractivity contribution < 1.29 is 4.79 Å². The Bertz CT molecular complexity index is 785. The lowest BCUT2D eigenvalue weighted by molar-refractivity contribution is -0.114. The second kappa shape index (κ2) is 7.24. The first-order valence-corrected chi connectivity index (χ1v) is 7.55. The van der Waals surface area contributed by atoms with Crippen molar-refractivity contribution in [2.24, 2.45) is 0 Å². The summed E-state index contributed by atoms with van der Waals surface area (Å²) in [6.45, 7) is 0. The maximum Gasteiger partial charge on any atom is 0.217 e. The molecule has 0 aromatic heterocycles. The smallest absolute Gasteiger partial charge is 0.217 e. The second-order valence-electron chi connectivity index (χ2n) is 5.23. The molecule has 0 amide bonds. The molecule has 0 saturated carbocycles. The molecule has 0 aliphatic carbocycles. The Kier molecular flexibility index (Phi) is 4.66. The van der Waals surface area contributed by atoms with Crippen LogP contribution in [0.15, 0.2) is 91.0 Å². The molecule has 1 heteroatoms. The molecule has 0 radical (unpaired) electrons. The van der Waals surface area contributed by atoms with E-state index in [1.54, 1.807) is 0 Å². The Morgan fingerprint density at radius 1 is 0.652 bits per heavy atom. The van der Waals surface area contributed by atoms with Gasteiger partial charge < -0.3 is 0 Å². The molecular formula is C22H16O. The summed E-state index contributed by atoms with van der Waals surface area (Å²) in [5, 5.41) is 0. The van der Waals surface area contributed by atoms with Crippen molar-refractivity contribution in [1.29, 1.82) is 0 Å². The zero-order chi connectivity index (χ0) is 15.9. The van der Waals surface area contributed by atoms with Crippen molar-refractivity contribution in [3.8, 4) is 11.8 Å². The molecule has 0 atom stereocenters. The lowest BCUT2D eigenvalue weighted by atomic mass is 9.88. The van der Waals surface area contributed by atoms with Crippen molar-refractivity contribution in [3.63, 3.8) is 0 Å². The molecule has 0 saturated heterocycles. The van der Waals surface area contributed by atoms with Crippen LogP contribution in [0.2, 0.25) is 0 Å². The number of hydrogen-bond acceptors (Lipinski definition) is 1. The van der Waals surface area contributed by atoms with Crippen LogP contribution in [0, 0.1) is 11.8 Å². The van der Waals surface area contributed by atoms with Gasteiger partial charge in [-0.1, -0.05) is 84.8 Å². The van der Waals surface area contributed by atoms with Crippen LogP contribution >= 0.6 is 0 Å². The molecule has 23 heavy (non-hydrogen) atoms. The molecule has 0 unspecified atom stereocenters. The van der Waals surface area contributed by atoms with Gasteiger partial charge in [0.05, 0.1) is 5.92 Å². The van der Waals surface area contributed by atoms with E-state index in [2.05, 4.69) is 11.8 Å². The average Bonchev–Trinajstić information content (AvgIpc) is 2.63. The number of rotatable bonds is 3. The van der Waals surface area contributed by atoms with Crippen LogP contribution < -0.4 is 0 Å². The molecule has 0 aliphatic heterocycles. The second-order valence-corrected chi connectivity index (χ2v) is 5.23. The van der Waals surface area contributed by atoms with Crippen LogP contribution in [0.5, 0.6) is 0 Å². The van der Waals surface area contributed by atoms with Gasteiger partial charge in [0.15, 0.2) is 0 Å². The zero-order valence-electron chi connectivity index (χ0n) is 12.6. The van der Waals surface area contributed by atoms with Crippen LogP contribution in [-0.4, -0.2) is 5.78 Å². The Hall–Kier alpha value is -3.11. The van der Waals surface area contributed by atoms with Gasteiger partial charge in [-0.2, -0.15) is 0 Å². The van der Waals surface area contributed by atoms with Gasteiger partial charge in [-0.15, -0.1) is 0 Å². The monoisotopic (exact) mass is 296 g/mol. The highest BCUT2D eigenvalue weighted by Gasteiger charge is 2.20. The van der Waals surface area contributed by atoms with E-state index >= 15 is 0 Å². The van der Waals surface area contributed by atoms with Gasteiger partial charge >= 0.3 is 0 Å². The van der Waals surface area contributed by atoms with Crippen LogP contribution in [0.3, 0.4) is 0 Å². The number of ketones is 1. The van der Waals surface area contributed by atoms with Crippen LogP contribution in [0.1, 0.15) is 22.6 Å². The van der Waals surface area contributed by atoms with E-state index in [9.17, 15) is 4.79 Å². The van der Waals surface area contributed by atoms with E-state index in [1.165, 1.54) is 0 Å². The summed E-state index contributed by atoms with van der Waals surface area (Å²) in [5.74, 6) is 5.33. The summed E-state index contributed by atoms with van der Waals surface area (Å²) < 4.78 is 0. The minimum absolute atomic E-state index is 0.0914. The topological polar surface area (TPSA) is 17.1 Å². The third-order valence-electron chi connectivity index (χ3n) is 3.63. The maximum absolute atomic E-state index is 12.7. The fourth-order valence-corrected chi connectivity index (χ4v) is 2.51. The minimum atomic E-state index is -0.353. The maximum atomic E-state index is 12.7. The number of Topliss-reactive ketones (excluding diaryl/α,β-unsaturated/α-hetero) is 1. The van der Waals surface area contributed by atoms with Crippen LogP contribution in [0.25, 0.3) is 0 Å². The van der Waals surface area contributed by atoms with E-state index in [-0.39, 0.29) is 11.7 Å². The molecule has 110 valence electrons. The van der Waals surface area contributed by atoms with Crippen molar-refractivity contribution in [2.75, 3.05) is 0 Å². The van der Waals surface area contributed by atoms with E-state index < -0.39 is 0 Å². The van der Waals surface area contributed by atoms with Crippen molar-refractivity contribution in [3.05, 3.63) is 108 Å². The molecule has 3 rings (SSSR count). The first-order valence-electron chi connectivity index (χ1n) is 7.55. The molecule has 1 nitrogen and oxygen atoms in total. The summed E-state index contributed by atoms with van der Waals surface area (Å²) in [7, 11) is 0. The Morgan fingerprint density at radius 3 is 1.57 bits per heavy atom. The predicted octanol–water partition coefficient (Wildman–Crippen LogP) is 4.44. The number of carbonyl (C=O) groups excluding carboxylic acids is 1. The lowest BCUT2D eigenvalue weighted by Crippen LogP contribution is -2.12. The summed E-state index contributed by atoms with van der Waals surface area (Å²) in [5.41, 5.74) is 2.78. The zero-order valence-corrected chi connectivity index (χ0v) is 12.6. The van der Waals surface area contributed by atoms with Gasteiger partial charge in [-0.05, 0) is 29.2 Å². The summed E-state index contributed by atoms with van der Waals surface area (Å²) >= 11 is 0. The molecule has 3 aromatic carbocycles. The fourth-order valence-electron chi connectivity index (χ4n) is 2.51. The van der Waals surface area contributed by atoms with Gasteiger partial charge in [0.2, 0.25) is 5.78 Å². The molecular weight excluding hydrogens is 280 g/mol. The highest BCUT2D eigenvalue weighted by Crippen LogP contribution is 2.25. The van der Waals surface area contributed by atoms with Gasteiger partial charge in [-0.25, -0.2) is 0 Å². The molecule has 0 aliphatic rings. The molecule has 0 N–H and O–H groups in total. The van der Waals surface area contributed by atoms with Gasteiger partial charge in [0, 0.05) is 5.56 Å². The normalized spacial score (nSPS) is 9.96. The van der Waals surface area contributed by atoms with Gasteiger partial charge in [-0.3, -0.25) is 4.79 Å². The first-order chi connectivity index (χ1) is 11.3. The van der Waals surface area contributed by atoms with Crippen LogP contribution in [-0.2, 0) is 4.79 Å². The quantitative estimate of drug-likeness (QED) is 0.653. The lowest BCUT2D eigenvalue weighted by Gasteiger charge is -2.13. The van der Waals surface area contributed by atoms with E-state index in [0.29, 0.717) is 0 Å². The van der Waals surface area contributed by atoms with Gasteiger partial charge in [0.25, 0.3) is 0 Å². The number of hydrogen-bond donors (Lipinski definition) is 0. The molecule has 0 spiro atoms. The van der Waals surface area contributed by atoms with Gasteiger partial charge in [0.1, 0.15) is 0 Å². The third-order valence-corrected chi connectivity index (χ3v) is 3.63. The molecule has 0 fully saturated rings. The van der Waals surface area contributed by atoms with E-state index in [0.717, 1.165) is 16.7 Å². The van der Waals surface area contributed by atoms with Crippen LogP contribution in [0.4, 0.5) is 0 Å². The SMILES string of the molecule is O=C(C#Cc1ccccc1)C(c1ccccc1)c1ccccc1. The third kappa shape index (κ3) is 3.75. The largest absolute Gasteiger partial charge is 0.284 e. The predicted molar refractivity (Wildman–Crippen MR) is 93.1 cm³/mol. The molecule has 3 aromatic rings. The minimum Gasteiger partial charge on any atom is -0.284 e. The summed E-state index contributed by atoms with van der Waals surface area (Å²) in [4.78, 5) is 12.7. The highest BCUT2D eigenvalue weighted by atomic mass is 16.1. The van der Waals surface area contributed by atoms with Crippen molar-refractivity contribution >= 4 is 5.78 Å². The number of benzene rings is 3.